The average Bonchev–Trinajstić information content (AvgIpc) is 2.75. The van der Waals surface area contributed by atoms with Gasteiger partial charge in [0, 0.05) is 10.8 Å². The molecular weight excluding hydrogens is 593 g/mol. The van der Waals surface area contributed by atoms with Gasteiger partial charge < -0.3 is 18.8 Å². The standard InChI is InChI=1S/C20H14N2O10S3.3Na/c23-20-17(35(30,31)32)9-12-8-13(33(24,25)26)10-16(34(27,28)29)18(12)19(20)22-21-15-7-3-5-11-4-1-2-6-14(11)15;;;/h1-10,23H,(H,24,25,26)(H,27,28,29)(H,30,31,32);;;/q;3*+1/p-3. The zero-order chi connectivity index (χ0) is 25.8. The van der Waals surface area contributed by atoms with E-state index in [1.54, 1.807) is 36.4 Å². The fourth-order valence-corrected chi connectivity index (χ4v) is 5.40. The Kier molecular flexibility index (Phi) is 12.2. The summed E-state index contributed by atoms with van der Waals surface area (Å²) >= 11 is 0. The first kappa shape index (κ1) is 35.6. The second kappa shape index (κ2) is 13.0. The predicted octanol–water partition coefficient (Wildman–Crippen LogP) is -6.16. The Hall–Kier alpha value is -0.470. The second-order valence-electron chi connectivity index (χ2n) is 7.15. The van der Waals surface area contributed by atoms with Crippen LogP contribution in [0.15, 0.2) is 85.6 Å². The van der Waals surface area contributed by atoms with E-state index in [-0.39, 0.29) is 100 Å². The Labute approximate surface area is 283 Å². The minimum absolute atomic E-state index is 0. The van der Waals surface area contributed by atoms with E-state index in [0.717, 1.165) is 5.39 Å². The molecule has 0 spiro atoms. The van der Waals surface area contributed by atoms with Gasteiger partial charge in [-0.25, -0.2) is 25.3 Å². The molecule has 0 aliphatic heterocycles. The van der Waals surface area contributed by atoms with Crippen LogP contribution in [0.4, 0.5) is 11.4 Å². The van der Waals surface area contributed by atoms with Crippen molar-refractivity contribution in [2.24, 2.45) is 10.2 Å². The summed E-state index contributed by atoms with van der Waals surface area (Å²) in [5.41, 5.74) is -0.717. The predicted molar refractivity (Wildman–Crippen MR) is 118 cm³/mol. The molecule has 0 unspecified atom stereocenters. The summed E-state index contributed by atoms with van der Waals surface area (Å²) in [5.74, 6) is -1.32. The molecule has 0 aliphatic carbocycles. The summed E-state index contributed by atoms with van der Waals surface area (Å²) in [5, 5.41) is 18.1. The zero-order valence-corrected chi connectivity index (χ0v) is 28.5. The van der Waals surface area contributed by atoms with Crippen LogP contribution in [0.2, 0.25) is 0 Å². The molecule has 12 nitrogen and oxygen atoms in total. The minimum Gasteiger partial charge on any atom is -0.744 e. The molecular formula is C20H11N2Na3O10S3. The Balaban J connectivity index is 0.00000241. The van der Waals surface area contributed by atoms with Gasteiger partial charge >= 0.3 is 88.7 Å². The third-order valence-corrected chi connectivity index (χ3v) is 7.46. The Morgan fingerprint density at radius 2 is 1.21 bits per heavy atom. The van der Waals surface area contributed by atoms with Crippen LogP contribution in [0.3, 0.4) is 0 Å². The molecule has 0 heterocycles. The number of benzene rings is 4. The molecule has 0 aromatic heterocycles. The molecule has 4 aromatic rings. The van der Waals surface area contributed by atoms with Gasteiger partial charge in [-0.15, -0.1) is 10.2 Å². The summed E-state index contributed by atoms with van der Waals surface area (Å²) in [7, 11) is -16.3. The maximum Gasteiger partial charge on any atom is 1.00 e. The van der Waals surface area contributed by atoms with E-state index in [2.05, 4.69) is 10.2 Å². The molecule has 4 rings (SSSR count). The van der Waals surface area contributed by atoms with E-state index in [0.29, 0.717) is 17.5 Å². The normalized spacial score (nSPS) is 12.1. The molecule has 182 valence electrons. The van der Waals surface area contributed by atoms with Crippen LogP contribution in [0, 0.1) is 0 Å². The van der Waals surface area contributed by atoms with Crippen molar-refractivity contribution in [3.8, 4) is 5.75 Å². The van der Waals surface area contributed by atoms with Crippen LogP contribution < -0.4 is 88.7 Å². The number of rotatable bonds is 5. The number of azo groups is 1. The van der Waals surface area contributed by atoms with Crippen molar-refractivity contribution < 1.29 is 133 Å². The van der Waals surface area contributed by atoms with Crippen LogP contribution in [-0.2, 0) is 30.4 Å². The molecule has 0 fully saturated rings. The quantitative estimate of drug-likeness (QED) is 0.129. The Morgan fingerprint density at radius 1 is 0.632 bits per heavy atom. The van der Waals surface area contributed by atoms with Gasteiger partial charge in [0.2, 0.25) is 0 Å². The number of fused-ring (bicyclic) bond motifs is 2. The number of hydrogen-bond donors (Lipinski definition) is 1. The van der Waals surface area contributed by atoms with Gasteiger partial charge in [-0.05, 0) is 35.0 Å². The van der Waals surface area contributed by atoms with Crippen molar-refractivity contribution >= 4 is 63.3 Å². The van der Waals surface area contributed by atoms with Crippen LogP contribution in [0.1, 0.15) is 0 Å². The number of aromatic hydroxyl groups is 1. The number of hydrogen-bond acceptors (Lipinski definition) is 12. The van der Waals surface area contributed by atoms with Gasteiger partial charge in [-0.3, -0.25) is 0 Å². The largest absolute Gasteiger partial charge is 1.00 e. The molecule has 38 heavy (non-hydrogen) atoms. The van der Waals surface area contributed by atoms with Crippen molar-refractivity contribution in [3.63, 3.8) is 0 Å². The van der Waals surface area contributed by atoms with Gasteiger partial charge in [0.15, 0.2) is 5.75 Å². The fourth-order valence-electron chi connectivity index (χ4n) is 3.45. The molecule has 4 aromatic carbocycles. The summed E-state index contributed by atoms with van der Waals surface area (Å²) in [6, 6.07) is 12.9. The van der Waals surface area contributed by atoms with E-state index in [1.807, 2.05) is 0 Å². The smallest absolute Gasteiger partial charge is 0.744 e. The zero-order valence-electron chi connectivity index (χ0n) is 20.0. The molecule has 0 aliphatic rings. The maximum absolute atomic E-state index is 11.9. The monoisotopic (exact) mass is 604 g/mol. The van der Waals surface area contributed by atoms with Crippen LogP contribution in [0.5, 0.6) is 5.75 Å². The Morgan fingerprint density at radius 3 is 1.79 bits per heavy atom. The first-order valence-electron chi connectivity index (χ1n) is 9.29. The fraction of sp³-hybridized carbons (Fsp3) is 0. The van der Waals surface area contributed by atoms with Crippen LogP contribution >= 0.6 is 0 Å². The number of phenolic OH excluding ortho intramolecular Hbond substituents is 1. The van der Waals surface area contributed by atoms with Crippen molar-refractivity contribution in [2.45, 2.75) is 14.7 Å². The summed E-state index contributed by atoms with van der Waals surface area (Å²) in [6.45, 7) is 0. The molecule has 0 saturated carbocycles. The van der Waals surface area contributed by atoms with Gasteiger partial charge in [-0.1, -0.05) is 36.4 Å². The van der Waals surface area contributed by atoms with Crippen molar-refractivity contribution in [3.05, 3.63) is 60.7 Å². The van der Waals surface area contributed by atoms with E-state index in [1.165, 1.54) is 6.07 Å². The van der Waals surface area contributed by atoms with Gasteiger partial charge in [0.25, 0.3) is 0 Å². The van der Waals surface area contributed by atoms with E-state index >= 15 is 0 Å². The minimum atomic E-state index is -5.51. The maximum atomic E-state index is 11.9. The van der Waals surface area contributed by atoms with Crippen molar-refractivity contribution in [1.82, 2.24) is 0 Å². The average molecular weight is 604 g/mol. The number of nitrogens with zero attached hydrogens (tertiary/aromatic N) is 2. The number of phenols is 1. The molecule has 0 saturated heterocycles. The van der Waals surface area contributed by atoms with E-state index in [9.17, 15) is 44.0 Å². The molecule has 1 N–H and O–H groups in total. The third kappa shape index (κ3) is 7.43. The van der Waals surface area contributed by atoms with Gasteiger partial charge in [0.1, 0.15) is 36.0 Å². The SMILES string of the molecule is O=S(=O)([O-])c1cc(S(=O)(=O)[O-])c2c(N=Nc3cccc4ccccc34)c(O)c(S(=O)(=O)[O-])cc2c1.[Na+].[Na+].[Na+]. The Bertz CT molecular complexity index is 1890. The summed E-state index contributed by atoms with van der Waals surface area (Å²) < 4.78 is 105. The first-order chi connectivity index (χ1) is 16.2. The van der Waals surface area contributed by atoms with Gasteiger partial charge in [-0.2, -0.15) is 0 Å². The van der Waals surface area contributed by atoms with Crippen LogP contribution in [-0.4, -0.2) is 44.0 Å². The van der Waals surface area contributed by atoms with Crippen molar-refractivity contribution in [1.29, 1.82) is 0 Å². The summed E-state index contributed by atoms with van der Waals surface area (Å²) in [4.78, 5) is -3.77. The van der Waals surface area contributed by atoms with E-state index < -0.39 is 67.3 Å². The molecule has 0 bridgehead atoms. The van der Waals surface area contributed by atoms with E-state index in [4.69, 9.17) is 0 Å². The van der Waals surface area contributed by atoms with Gasteiger partial charge in [0.05, 0.1) is 20.4 Å². The second-order valence-corrected chi connectivity index (χ2v) is 11.2. The molecule has 18 heteroatoms. The topological polar surface area (TPSA) is 217 Å². The molecule has 0 amide bonds. The molecule has 0 radical (unpaired) electrons. The summed E-state index contributed by atoms with van der Waals surface area (Å²) in [6.07, 6.45) is 0. The first-order valence-corrected chi connectivity index (χ1v) is 13.5. The molecule has 0 atom stereocenters. The van der Waals surface area contributed by atoms with Crippen molar-refractivity contribution in [2.75, 3.05) is 0 Å². The third-order valence-electron chi connectivity index (χ3n) is 4.94. The van der Waals surface area contributed by atoms with Crippen LogP contribution in [0.25, 0.3) is 21.5 Å².